The van der Waals surface area contributed by atoms with Gasteiger partial charge in [0.1, 0.15) is 11.4 Å². The summed E-state index contributed by atoms with van der Waals surface area (Å²) in [6, 6.07) is 13.2. The van der Waals surface area contributed by atoms with Crippen molar-refractivity contribution in [1.82, 2.24) is 4.90 Å². The highest BCUT2D eigenvalue weighted by molar-refractivity contribution is 6.30. The van der Waals surface area contributed by atoms with E-state index in [9.17, 15) is 9.59 Å². The fourth-order valence-electron chi connectivity index (χ4n) is 4.02. The number of hydrogen-bond donors (Lipinski definition) is 1. The highest BCUT2D eigenvalue weighted by atomic mass is 35.5. The van der Waals surface area contributed by atoms with E-state index in [2.05, 4.69) is 10.2 Å². The van der Waals surface area contributed by atoms with Crippen LogP contribution in [0.2, 0.25) is 5.02 Å². The van der Waals surface area contributed by atoms with Gasteiger partial charge in [-0.25, -0.2) is 0 Å². The minimum Gasteiger partial charge on any atom is -0.486 e. The van der Waals surface area contributed by atoms with Crippen molar-refractivity contribution < 1.29 is 14.3 Å². The van der Waals surface area contributed by atoms with Crippen molar-refractivity contribution in [2.45, 2.75) is 38.3 Å². The van der Waals surface area contributed by atoms with Gasteiger partial charge in [0.05, 0.1) is 12.0 Å². The number of benzene rings is 2. The third kappa shape index (κ3) is 4.05. The number of amides is 1. The molecule has 1 saturated heterocycles. The Morgan fingerprint density at radius 3 is 2.57 bits per heavy atom. The Morgan fingerprint density at radius 1 is 1.18 bits per heavy atom. The van der Waals surface area contributed by atoms with Crippen LogP contribution < -0.4 is 10.1 Å². The zero-order valence-corrected chi connectivity index (χ0v) is 16.6. The predicted octanol–water partition coefficient (Wildman–Crippen LogP) is 4.30. The number of hydrogen-bond acceptors (Lipinski definition) is 4. The summed E-state index contributed by atoms with van der Waals surface area (Å²) in [6.45, 7) is 4.09. The summed E-state index contributed by atoms with van der Waals surface area (Å²) in [5, 5.41) is 3.37. The van der Waals surface area contributed by atoms with E-state index in [1.54, 1.807) is 18.2 Å². The molecule has 6 heteroatoms. The number of nitrogens with one attached hydrogen (secondary N) is 1. The summed E-state index contributed by atoms with van der Waals surface area (Å²) in [5.41, 5.74) is 2.22. The van der Waals surface area contributed by atoms with Gasteiger partial charge in [-0.15, -0.1) is 0 Å². The molecule has 5 nitrogen and oxygen atoms in total. The van der Waals surface area contributed by atoms with E-state index in [1.165, 1.54) is 12.5 Å². The molecule has 2 aliphatic heterocycles. The van der Waals surface area contributed by atoms with Crippen LogP contribution in [0, 0.1) is 0 Å². The van der Waals surface area contributed by atoms with Crippen LogP contribution in [0.15, 0.2) is 42.5 Å². The van der Waals surface area contributed by atoms with E-state index in [1.807, 2.05) is 24.3 Å². The fraction of sp³-hybridized carbons (Fsp3) is 0.364. The maximum atomic E-state index is 12.6. The van der Waals surface area contributed by atoms with Crippen LogP contribution in [-0.2, 0) is 11.3 Å². The minimum atomic E-state index is -0.416. The van der Waals surface area contributed by atoms with Crippen LogP contribution in [0.1, 0.15) is 42.1 Å². The number of rotatable bonds is 3. The Kier molecular flexibility index (Phi) is 5.13. The van der Waals surface area contributed by atoms with Gasteiger partial charge in [0.15, 0.2) is 5.78 Å². The molecular formula is C22H23ClN2O3. The van der Waals surface area contributed by atoms with Crippen molar-refractivity contribution in [3.05, 3.63) is 58.6 Å². The highest BCUT2D eigenvalue weighted by Gasteiger charge is 2.42. The first-order valence-electron chi connectivity index (χ1n) is 9.53. The van der Waals surface area contributed by atoms with Crippen molar-refractivity contribution in [1.29, 1.82) is 0 Å². The molecule has 0 saturated carbocycles. The number of halogens is 1. The average molecular weight is 399 g/mol. The lowest BCUT2D eigenvalue weighted by molar-refractivity contribution is -0.114. The van der Waals surface area contributed by atoms with Gasteiger partial charge in [-0.1, -0.05) is 23.7 Å². The van der Waals surface area contributed by atoms with Crippen LogP contribution in [0.3, 0.4) is 0 Å². The number of ether oxygens (including phenoxy) is 1. The summed E-state index contributed by atoms with van der Waals surface area (Å²) in [5.74, 6) is 0.685. The van der Waals surface area contributed by atoms with Gasteiger partial charge in [-0.3, -0.25) is 14.5 Å². The standard InChI is InChI=1S/C22H23ClN2O3/c1-15(26)24-18-5-2-16(3-6-18)14-25-10-8-22(9-11-25)13-20(27)19-7-4-17(23)12-21(19)28-22/h2-7,12H,8-11,13-14H2,1H3,(H,24,26). The number of fused-ring (bicyclic) bond motifs is 1. The molecule has 1 N–H and O–H groups in total. The number of ketones is 1. The Hall–Kier alpha value is -2.37. The normalized spacial score (nSPS) is 18.4. The number of carbonyl (C=O) groups is 2. The first kappa shape index (κ1) is 19.0. The lowest BCUT2D eigenvalue weighted by Gasteiger charge is -2.44. The van der Waals surface area contributed by atoms with Crippen molar-refractivity contribution in [3.63, 3.8) is 0 Å². The first-order chi connectivity index (χ1) is 13.4. The maximum Gasteiger partial charge on any atom is 0.221 e. The molecule has 2 heterocycles. The number of carbonyl (C=O) groups excluding carboxylic acids is 2. The summed E-state index contributed by atoms with van der Waals surface area (Å²) in [7, 11) is 0. The molecule has 146 valence electrons. The molecule has 1 amide bonds. The summed E-state index contributed by atoms with van der Waals surface area (Å²) >= 11 is 6.08. The molecule has 0 aliphatic carbocycles. The SMILES string of the molecule is CC(=O)Nc1ccc(CN2CCC3(CC2)CC(=O)c2ccc(Cl)cc2O3)cc1. The first-order valence-corrected chi connectivity index (χ1v) is 9.91. The molecule has 2 aliphatic rings. The molecular weight excluding hydrogens is 376 g/mol. The summed E-state index contributed by atoms with van der Waals surface area (Å²) in [4.78, 5) is 26.1. The van der Waals surface area contributed by atoms with Gasteiger partial charge in [0, 0.05) is 50.1 Å². The fourth-order valence-corrected chi connectivity index (χ4v) is 4.18. The van der Waals surface area contributed by atoms with Crippen LogP contribution in [0.4, 0.5) is 5.69 Å². The summed E-state index contributed by atoms with van der Waals surface area (Å²) < 4.78 is 6.29. The number of piperidine rings is 1. The molecule has 0 bridgehead atoms. The third-order valence-electron chi connectivity index (χ3n) is 5.50. The lowest BCUT2D eigenvalue weighted by atomic mass is 9.82. The third-order valence-corrected chi connectivity index (χ3v) is 5.74. The highest BCUT2D eigenvalue weighted by Crippen LogP contribution is 2.40. The summed E-state index contributed by atoms with van der Waals surface area (Å²) in [6.07, 6.45) is 2.06. The average Bonchev–Trinajstić information content (AvgIpc) is 2.64. The van der Waals surface area contributed by atoms with Crippen LogP contribution in [-0.4, -0.2) is 35.3 Å². The molecule has 4 rings (SSSR count). The van der Waals surface area contributed by atoms with Gasteiger partial charge in [0.2, 0.25) is 5.91 Å². The second kappa shape index (κ2) is 7.57. The molecule has 2 aromatic carbocycles. The zero-order valence-electron chi connectivity index (χ0n) is 15.8. The molecule has 1 spiro atoms. The number of Topliss-reactive ketones (excluding diaryl/α,β-unsaturated/α-hetero) is 1. The van der Waals surface area contributed by atoms with Crippen molar-refractivity contribution in [2.24, 2.45) is 0 Å². The molecule has 0 atom stereocenters. The number of anilines is 1. The molecule has 28 heavy (non-hydrogen) atoms. The van der Waals surface area contributed by atoms with Crippen LogP contribution >= 0.6 is 11.6 Å². The quantitative estimate of drug-likeness (QED) is 0.837. The van der Waals surface area contributed by atoms with Gasteiger partial charge in [0.25, 0.3) is 0 Å². The predicted molar refractivity (Wildman–Crippen MR) is 109 cm³/mol. The van der Waals surface area contributed by atoms with Gasteiger partial charge in [-0.2, -0.15) is 0 Å². The van der Waals surface area contributed by atoms with E-state index in [-0.39, 0.29) is 11.7 Å². The van der Waals surface area contributed by atoms with E-state index in [4.69, 9.17) is 16.3 Å². The second-order valence-corrected chi connectivity index (χ2v) is 8.12. The van der Waals surface area contributed by atoms with Crippen molar-refractivity contribution in [2.75, 3.05) is 18.4 Å². The lowest BCUT2D eigenvalue weighted by Crippen LogP contribution is -2.50. The van der Waals surface area contributed by atoms with Gasteiger partial charge >= 0.3 is 0 Å². The van der Waals surface area contributed by atoms with Crippen LogP contribution in [0.5, 0.6) is 5.75 Å². The molecule has 2 aromatic rings. The smallest absolute Gasteiger partial charge is 0.221 e. The molecule has 0 unspecified atom stereocenters. The van der Waals surface area contributed by atoms with Crippen molar-refractivity contribution in [3.8, 4) is 5.75 Å². The maximum absolute atomic E-state index is 12.6. The zero-order chi connectivity index (χ0) is 19.7. The Labute approximate surface area is 169 Å². The van der Waals surface area contributed by atoms with E-state index in [0.717, 1.165) is 38.2 Å². The van der Waals surface area contributed by atoms with Crippen molar-refractivity contribution >= 4 is 29.0 Å². The number of nitrogens with zero attached hydrogens (tertiary/aromatic N) is 1. The Balaban J connectivity index is 1.38. The Bertz CT molecular complexity index is 902. The topological polar surface area (TPSA) is 58.6 Å². The second-order valence-electron chi connectivity index (χ2n) is 7.68. The van der Waals surface area contributed by atoms with Gasteiger partial charge in [-0.05, 0) is 35.9 Å². The van der Waals surface area contributed by atoms with E-state index >= 15 is 0 Å². The van der Waals surface area contributed by atoms with E-state index in [0.29, 0.717) is 22.8 Å². The molecule has 0 aromatic heterocycles. The van der Waals surface area contributed by atoms with Crippen LogP contribution in [0.25, 0.3) is 0 Å². The minimum absolute atomic E-state index is 0.0704. The largest absolute Gasteiger partial charge is 0.486 e. The number of likely N-dealkylation sites (tertiary alicyclic amines) is 1. The van der Waals surface area contributed by atoms with Gasteiger partial charge < -0.3 is 10.1 Å². The van der Waals surface area contributed by atoms with E-state index < -0.39 is 5.60 Å². The monoisotopic (exact) mass is 398 g/mol. The Morgan fingerprint density at radius 2 is 1.89 bits per heavy atom. The molecule has 0 radical (unpaired) electrons. The molecule has 1 fully saturated rings.